The Bertz CT molecular complexity index is 463. The number of nitrogens with zero attached hydrogens (tertiary/aromatic N) is 2. The average molecular weight is 222 g/mol. The number of rotatable bonds is 1. The van der Waals surface area contributed by atoms with Crippen LogP contribution in [0.15, 0.2) is 24.4 Å². The van der Waals surface area contributed by atoms with E-state index in [4.69, 9.17) is 17.3 Å². The Labute approximate surface area is 93.5 Å². The summed E-state index contributed by atoms with van der Waals surface area (Å²) in [4.78, 5) is 0. The highest BCUT2D eigenvalue weighted by atomic mass is 35.5. The smallest absolute Gasteiger partial charge is 0.0926 e. The highest BCUT2D eigenvalue weighted by Crippen LogP contribution is 2.33. The third-order valence-electron chi connectivity index (χ3n) is 2.43. The molecule has 0 atom stereocenters. The van der Waals surface area contributed by atoms with Crippen molar-refractivity contribution in [2.24, 2.45) is 7.05 Å². The van der Waals surface area contributed by atoms with E-state index in [0.717, 1.165) is 16.8 Å². The molecule has 2 aromatic rings. The topological polar surface area (TPSA) is 43.8 Å². The van der Waals surface area contributed by atoms with Gasteiger partial charge >= 0.3 is 0 Å². The van der Waals surface area contributed by atoms with Gasteiger partial charge in [-0.25, -0.2) is 0 Å². The van der Waals surface area contributed by atoms with Gasteiger partial charge in [0, 0.05) is 12.6 Å². The summed E-state index contributed by atoms with van der Waals surface area (Å²) in [6, 6.07) is 5.79. The van der Waals surface area contributed by atoms with E-state index in [0.29, 0.717) is 10.7 Å². The summed E-state index contributed by atoms with van der Waals surface area (Å²) >= 11 is 6.17. The molecule has 0 bridgehead atoms. The summed E-state index contributed by atoms with van der Waals surface area (Å²) in [5, 5.41) is 4.81. The molecular formula is C11H12ClN3. The molecule has 0 spiro atoms. The molecule has 2 rings (SSSR count). The number of aromatic nitrogens is 2. The molecule has 0 unspecified atom stereocenters. The Hall–Kier alpha value is -1.48. The summed E-state index contributed by atoms with van der Waals surface area (Å²) in [7, 11) is 1.86. The second-order valence-electron chi connectivity index (χ2n) is 3.50. The summed E-state index contributed by atoms with van der Waals surface area (Å²) in [6.07, 6.45) is 1.64. The van der Waals surface area contributed by atoms with Crippen LogP contribution in [0.1, 0.15) is 5.56 Å². The van der Waals surface area contributed by atoms with E-state index < -0.39 is 0 Å². The van der Waals surface area contributed by atoms with Crippen LogP contribution >= 0.6 is 11.6 Å². The van der Waals surface area contributed by atoms with Gasteiger partial charge in [0.2, 0.25) is 0 Å². The molecule has 0 radical (unpaired) electrons. The van der Waals surface area contributed by atoms with Crippen molar-refractivity contribution < 1.29 is 0 Å². The van der Waals surface area contributed by atoms with Crippen LogP contribution in [0, 0.1) is 6.92 Å². The summed E-state index contributed by atoms with van der Waals surface area (Å²) in [6.45, 7) is 2.01. The summed E-state index contributed by atoms with van der Waals surface area (Å²) in [5.41, 5.74) is 9.44. The number of nitrogen functional groups attached to an aromatic ring is 1. The number of anilines is 1. The number of nitrogens with two attached hydrogens (primary N) is 1. The first-order valence-electron chi connectivity index (χ1n) is 4.64. The Kier molecular flexibility index (Phi) is 2.40. The number of benzene rings is 1. The van der Waals surface area contributed by atoms with Crippen molar-refractivity contribution in [3.8, 4) is 11.3 Å². The average Bonchev–Trinajstić information content (AvgIpc) is 2.49. The Morgan fingerprint density at radius 2 is 2.13 bits per heavy atom. The molecule has 0 fully saturated rings. The Balaban J connectivity index is 2.74. The minimum atomic E-state index is 0.647. The van der Waals surface area contributed by atoms with Crippen LogP contribution in [0.4, 0.5) is 5.69 Å². The van der Waals surface area contributed by atoms with Crippen LogP contribution in [-0.2, 0) is 7.05 Å². The van der Waals surface area contributed by atoms with E-state index in [1.807, 2.05) is 32.2 Å². The van der Waals surface area contributed by atoms with E-state index >= 15 is 0 Å². The third kappa shape index (κ3) is 1.59. The highest BCUT2D eigenvalue weighted by molar-refractivity contribution is 6.33. The molecule has 1 aromatic heterocycles. The van der Waals surface area contributed by atoms with Gasteiger partial charge in [0.1, 0.15) is 0 Å². The van der Waals surface area contributed by atoms with Gasteiger partial charge < -0.3 is 5.73 Å². The molecule has 2 N–H and O–H groups in total. The van der Waals surface area contributed by atoms with Crippen LogP contribution in [0.3, 0.4) is 0 Å². The number of hydrogen-bond acceptors (Lipinski definition) is 2. The van der Waals surface area contributed by atoms with Crippen LogP contribution in [0.2, 0.25) is 5.02 Å². The Morgan fingerprint density at radius 3 is 2.67 bits per heavy atom. The first kappa shape index (κ1) is 10.1. The summed E-state index contributed by atoms with van der Waals surface area (Å²) in [5.74, 6) is 0. The molecule has 0 saturated heterocycles. The zero-order valence-corrected chi connectivity index (χ0v) is 9.42. The number of halogens is 1. The maximum atomic E-state index is 6.17. The van der Waals surface area contributed by atoms with Gasteiger partial charge in [0.25, 0.3) is 0 Å². The van der Waals surface area contributed by atoms with Gasteiger partial charge in [0.15, 0.2) is 0 Å². The fraction of sp³-hybridized carbons (Fsp3) is 0.182. The quantitative estimate of drug-likeness (QED) is 0.805. The molecular weight excluding hydrogens is 210 g/mol. The predicted molar refractivity (Wildman–Crippen MR) is 62.8 cm³/mol. The largest absolute Gasteiger partial charge is 0.396 e. The van der Waals surface area contributed by atoms with Crippen LogP contribution in [0.5, 0.6) is 0 Å². The fourth-order valence-corrected chi connectivity index (χ4v) is 2.00. The first-order valence-corrected chi connectivity index (χ1v) is 5.02. The lowest BCUT2D eigenvalue weighted by atomic mass is 10.0. The van der Waals surface area contributed by atoms with Gasteiger partial charge in [-0.15, -0.1) is 0 Å². The monoisotopic (exact) mass is 221 g/mol. The molecule has 78 valence electrons. The summed E-state index contributed by atoms with van der Waals surface area (Å²) < 4.78 is 1.74. The fourth-order valence-electron chi connectivity index (χ4n) is 1.69. The molecule has 0 saturated carbocycles. The van der Waals surface area contributed by atoms with Crippen LogP contribution in [0.25, 0.3) is 11.3 Å². The van der Waals surface area contributed by atoms with E-state index in [1.165, 1.54) is 0 Å². The lowest BCUT2D eigenvalue weighted by Crippen LogP contribution is -1.98. The normalized spacial score (nSPS) is 10.6. The van der Waals surface area contributed by atoms with Crippen molar-refractivity contribution in [3.05, 3.63) is 35.0 Å². The zero-order valence-electron chi connectivity index (χ0n) is 8.66. The van der Waals surface area contributed by atoms with Crippen molar-refractivity contribution in [1.82, 2.24) is 9.78 Å². The second-order valence-corrected chi connectivity index (χ2v) is 3.91. The van der Waals surface area contributed by atoms with Crippen LogP contribution in [-0.4, -0.2) is 9.78 Å². The van der Waals surface area contributed by atoms with Gasteiger partial charge in [0.05, 0.1) is 22.6 Å². The molecule has 1 heterocycles. The lowest BCUT2D eigenvalue weighted by Gasteiger charge is -2.09. The van der Waals surface area contributed by atoms with Crippen molar-refractivity contribution in [2.75, 3.05) is 5.73 Å². The van der Waals surface area contributed by atoms with Crippen molar-refractivity contribution >= 4 is 17.3 Å². The Morgan fingerprint density at radius 1 is 1.40 bits per heavy atom. The van der Waals surface area contributed by atoms with Crippen molar-refractivity contribution in [2.45, 2.75) is 6.92 Å². The molecule has 0 aliphatic carbocycles. The lowest BCUT2D eigenvalue weighted by molar-refractivity contribution is 0.775. The maximum absolute atomic E-state index is 6.17. The molecule has 0 aliphatic rings. The van der Waals surface area contributed by atoms with E-state index in [-0.39, 0.29) is 0 Å². The standard InChI is InChI=1S/C11H12ClN3/c1-7-4-3-5-8(12)10(7)11-9(13)6-14-15(11)2/h3-6H,13H2,1-2H3. The molecule has 0 amide bonds. The maximum Gasteiger partial charge on any atom is 0.0926 e. The SMILES string of the molecule is Cc1cccc(Cl)c1-c1c(N)cnn1C. The molecule has 3 nitrogen and oxygen atoms in total. The number of hydrogen-bond donors (Lipinski definition) is 1. The van der Waals surface area contributed by atoms with E-state index in [9.17, 15) is 0 Å². The minimum Gasteiger partial charge on any atom is -0.396 e. The molecule has 4 heteroatoms. The van der Waals surface area contributed by atoms with Gasteiger partial charge in [-0.05, 0) is 18.6 Å². The molecule has 1 aromatic carbocycles. The van der Waals surface area contributed by atoms with Gasteiger partial charge in [-0.1, -0.05) is 23.7 Å². The molecule has 0 aliphatic heterocycles. The number of aryl methyl sites for hydroxylation is 2. The first-order chi connectivity index (χ1) is 7.11. The van der Waals surface area contributed by atoms with E-state index in [1.54, 1.807) is 10.9 Å². The minimum absolute atomic E-state index is 0.647. The van der Waals surface area contributed by atoms with Crippen molar-refractivity contribution in [3.63, 3.8) is 0 Å². The predicted octanol–water partition coefficient (Wildman–Crippen LogP) is 2.63. The zero-order chi connectivity index (χ0) is 11.0. The van der Waals surface area contributed by atoms with E-state index in [2.05, 4.69) is 5.10 Å². The second kappa shape index (κ2) is 3.59. The third-order valence-corrected chi connectivity index (χ3v) is 2.74. The van der Waals surface area contributed by atoms with Gasteiger partial charge in [-0.3, -0.25) is 4.68 Å². The molecule has 15 heavy (non-hydrogen) atoms. The highest BCUT2D eigenvalue weighted by Gasteiger charge is 2.13. The van der Waals surface area contributed by atoms with Crippen LogP contribution < -0.4 is 5.73 Å². The van der Waals surface area contributed by atoms with Gasteiger partial charge in [-0.2, -0.15) is 5.10 Å². The van der Waals surface area contributed by atoms with Crippen molar-refractivity contribution in [1.29, 1.82) is 0 Å².